The Morgan fingerprint density at radius 3 is 2.76 bits per heavy atom. The lowest BCUT2D eigenvalue weighted by atomic mass is 10.1. The summed E-state index contributed by atoms with van der Waals surface area (Å²) in [5.41, 5.74) is 0.722. The molecule has 2 aromatic rings. The van der Waals surface area contributed by atoms with Crippen molar-refractivity contribution in [2.24, 2.45) is 0 Å². The van der Waals surface area contributed by atoms with E-state index in [0.717, 1.165) is 31.0 Å². The molecule has 0 radical (unpaired) electrons. The molecule has 1 aliphatic heterocycles. The molecule has 1 aliphatic rings. The normalized spacial score (nSPS) is 15.1. The molecule has 1 aromatic heterocycles. The Morgan fingerprint density at radius 1 is 1.36 bits per heavy atom. The van der Waals surface area contributed by atoms with E-state index >= 15 is 0 Å². The number of ether oxygens (including phenoxy) is 1. The van der Waals surface area contributed by atoms with Crippen LogP contribution in [-0.2, 0) is 4.74 Å². The maximum Gasteiger partial charge on any atom is 0.335 e. The number of anilines is 1. The minimum Gasteiger partial charge on any atom is -0.478 e. The molecule has 1 fully saturated rings. The van der Waals surface area contributed by atoms with Crippen LogP contribution in [-0.4, -0.2) is 40.0 Å². The number of aromatic nitrogens is 2. The Morgan fingerprint density at radius 2 is 2.08 bits per heavy atom. The first-order valence-corrected chi connectivity index (χ1v) is 7.93. The van der Waals surface area contributed by atoms with E-state index in [2.05, 4.69) is 10.4 Å². The van der Waals surface area contributed by atoms with Gasteiger partial charge in [-0.25, -0.2) is 9.18 Å². The van der Waals surface area contributed by atoms with Crippen molar-refractivity contribution < 1.29 is 23.8 Å². The second-order valence-electron chi connectivity index (χ2n) is 5.89. The number of carbonyl (C=O) groups is 2. The van der Waals surface area contributed by atoms with Crippen molar-refractivity contribution in [3.05, 3.63) is 47.0 Å². The predicted octanol–water partition coefficient (Wildman–Crippen LogP) is 2.63. The minimum absolute atomic E-state index is 0.105. The first-order chi connectivity index (χ1) is 12.0. The second kappa shape index (κ2) is 7.02. The van der Waals surface area contributed by atoms with Gasteiger partial charge in [0.25, 0.3) is 5.91 Å². The summed E-state index contributed by atoms with van der Waals surface area (Å²) in [6.07, 6.45) is 3.08. The Labute approximate surface area is 143 Å². The number of halogens is 1. The number of rotatable bonds is 4. The molecule has 7 nitrogen and oxygen atoms in total. The van der Waals surface area contributed by atoms with Crippen molar-refractivity contribution >= 4 is 17.6 Å². The number of hydrogen-bond acceptors (Lipinski definition) is 4. The van der Waals surface area contributed by atoms with Gasteiger partial charge in [0.05, 0.1) is 29.1 Å². The summed E-state index contributed by atoms with van der Waals surface area (Å²) in [6, 6.07) is 3.41. The van der Waals surface area contributed by atoms with Crippen molar-refractivity contribution in [2.75, 3.05) is 18.5 Å². The number of aromatic carboxylic acids is 1. The van der Waals surface area contributed by atoms with Gasteiger partial charge in [-0.3, -0.25) is 9.48 Å². The van der Waals surface area contributed by atoms with Crippen molar-refractivity contribution in [2.45, 2.75) is 25.8 Å². The molecule has 0 unspecified atom stereocenters. The van der Waals surface area contributed by atoms with Gasteiger partial charge in [0.15, 0.2) is 0 Å². The smallest absolute Gasteiger partial charge is 0.335 e. The summed E-state index contributed by atoms with van der Waals surface area (Å²) in [4.78, 5) is 23.5. The van der Waals surface area contributed by atoms with Gasteiger partial charge < -0.3 is 15.2 Å². The maximum absolute atomic E-state index is 13.9. The zero-order valence-corrected chi connectivity index (χ0v) is 13.7. The van der Waals surface area contributed by atoms with Crippen LogP contribution in [0.15, 0.2) is 24.4 Å². The second-order valence-corrected chi connectivity index (χ2v) is 5.89. The molecule has 0 bridgehead atoms. The molecule has 2 heterocycles. The van der Waals surface area contributed by atoms with Gasteiger partial charge in [-0.1, -0.05) is 0 Å². The fourth-order valence-electron chi connectivity index (χ4n) is 2.89. The maximum atomic E-state index is 13.9. The van der Waals surface area contributed by atoms with Crippen molar-refractivity contribution in [3.8, 4) is 0 Å². The van der Waals surface area contributed by atoms with Crippen LogP contribution in [0.4, 0.5) is 10.1 Å². The molecule has 0 spiro atoms. The van der Waals surface area contributed by atoms with Gasteiger partial charge in [-0.05, 0) is 38.0 Å². The molecule has 0 saturated carbocycles. The van der Waals surface area contributed by atoms with Crippen LogP contribution in [0.3, 0.4) is 0 Å². The molecular weight excluding hydrogens is 329 g/mol. The lowest BCUT2D eigenvalue weighted by Gasteiger charge is -2.23. The van der Waals surface area contributed by atoms with E-state index in [4.69, 9.17) is 9.84 Å². The van der Waals surface area contributed by atoms with Crippen LogP contribution in [0.25, 0.3) is 0 Å². The van der Waals surface area contributed by atoms with Crippen molar-refractivity contribution in [3.63, 3.8) is 0 Å². The zero-order chi connectivity index (χ0) is 18.0. The molecule has 3 rings (SSSR count). The number of amides is 1. The number of benzene rings is 1. The molecule has 0 aliphatic carbocycles. The van der Waals surface area contributed by atoms with E-state index in [1.165, 1.54) is 6.20 Å². The van der Waals surface area contributed by atoms with Crippen LogP contribution >= 0.6 is 0 Å². The molecule has 2 N–H and O–H groups in total. The third-order valence-corrected chi connectivity index (χ3v) is 4.29. The highest BCUT2D eigenvalue weighted by Gasteiger charge is 2.22. The number of hydrogen-bond donors (Lipinski definition) is 2. The SMILES string of the molecule is Cc1c(C(=O)Nc2cc(C(=O)O)ccc2F)cnn1C1CCOCC1. The topological polar surface area (TPSA) is 93.5 Å². The highest BCUT2D eigenvalue weighted by molar-refractivity contribution is 6.05. The van der Waals surface area contributed by atoms with Gasteiger partial charge in [0.2, 0.25) is 0 Å². The predicted molar refractivity (Wildman–Crippen MR) is 87.4 cm³/mol. The van der Waals surface area contributed by atoms with E-state index < -0.39 is 17.7 Å². The molecule has 1 amide bonds. The van der Waals surface area contributed by atoms with Gasteiger partial charge >= 0.3 is 5.97 Å². The van der Waals surface area contributed by atoms with Crippen LogP contribution in [0.2, 0.25) is 0 Å². The van der Waals surface area contributed by atoms with Crippen LogP contribution in [0, 0.1) is 12.7 Å². The number of nitrogens with zero attached hydrogens (tertiary/aromatic N) is 2. The number of carboxylic acids is 1. The fraction of sp³-hybridized carbons (Fsp3) is 0.353. The van der Waals surface area contributed by atoms with E-state index in [9.17, 15) is 14.0 Å². The minimum atomic E-state index is -1.20. The van der Waals surface area contributed by atoms with Crippen LogP contribution < -0.4 is 5.32 Å². The lowest BCUT2D eigenvalue weighted by Crippen LogP contribution is -2.22. The first-order valence-electron chi connectivity index (χ1n) is 7.93. The lowest BCUT2D eigenvalue weighted by molar-refractivity contribution is 0.0656. The molecule has 25 heavy (non-hydrogen) atoms. The summed E-state index contributed by atoms with van der Waals surface area (Å²) < 4.78 is 21.0. The van der Waals surface area contributed by atoms with Gasteiger partial charge in [0.1, 0.15) is 5.82 Å². The van der Waals surface area contributed by atoms with E-state index in [0.29, 0.717) is 24.5 Å². The Balaban J connectivity index is 1.81. The Bertz CT molecular complexity index is 812. The monoisotopic (exact) mass is 347 g/mol. The summed E-state index contributed by atoms with van der Waals surface area (Å²) in [5, 5.41) is 15.7. The van der Waals surface area contributed by atoms with E-state index in [1.54, 1.807) is 11.6 Å². The molecule has 1 saturated heterocycles. The average molecular weight is 347 g/mol. The standard InChI is InChI=1S/C17H18FN3O4/c1-10-13(9-19-21(10)12-4-6-25-7-5-12)16(22)20-15-8-11(17(23)24)2-3-14(15)18/h2-3,8-9,12H,4-7H2,1H3,(H,20,22)(H,23,24). The molecular formula is C17H18FN3O4. The van der Waals surface area contributed by atoms with Crippen molar-refractivity contribution in [1.82, 2.24) is 9.78 Å². The van der Waals surface area contributed by atoms with Crippen molar-refractivity contribution in [1.29, 1.82) is 0 Å². The number of carboxylic acid groups (broad SMARTS) is 1. The van der Waals surface area contributed by atoms with Gasteiger partial charge in [-0.2, -0.15) is 5.10 Å². The largest absolute Gasteiger partial charge is 0.478 e. The molecule has 132 valence electrons. The summed E-state index contributed by atoms with van der Waals surface area (Å²) >= 11 is 0. The van der Waals surface area contributed by atoms with Gasteiger partial charge in [0, 0.05) is 18.9 Å². The summed E-state index contributed by atoms with van der Waals surface area (Å²) in [7, 11) is 0. The summed E-state index contributed by atoms with van der Waals surface area (Å²) in [5.74, 6) is -2.43. The molecule has 0 atom stereocenters. The average Bonchev–Trinajstić information content (AvgIpc) is 2.99. The van der Waals surface area contributed by atoms with E-state index in [1.807, 2.05) is 0 Å². The zero-order valence-electron chi connectivity index (χ0n) is 13.7. The van der Waals surface area contributed by atoms with Gasteiger partial charge in [-0.15, -0.1) is 0 Å². The van der Waals surface area contributed by atoms with Crippen LogP contribution in [0.1, 0.15) is 45.3 Å². The number of nitrogens with one attached hydrogen (secondary N) is 1. The highest BCUT2D eigenvalue weighted by Crippen LogP contribution is 2.24. The first kappa shape index (κ1) is 17.1. The Kier molecular flexibility index (Phi) is 4.80. The summed E-state index contributed by atoms with van der Waals surface area (Å²) in [6.45, 7) is 3.08. The third kappa shape index (κ3) is 3.53. The third-order valence-electron chi connectivity index (χ3n) is 4.29. The Hall–Kier alpha value is -2.74. The molecule has 1 aromatic carbocycles. The highest BCUT2D eigenvalue weighted by atomic mass is 19.1. The molecule has 8 heteroatoms. The van der Waals surface area contributed by atoms with Crippen LogP contribution in [0.5, 0.6) is 0 Å². The number of carbonyl (C=O) groups excluding carboxylic acids is 1. The fourth-order valence-corrected chi connectivity index (χ4v) is 2.89. The quantitative estimate of drug-likeness (QED) is 0.887. The van der Waals surface area contributed by atoms with E-state index in [-0.39, 0.29) is 17.3 Å².